The standard InChI is InChI=1S/C28H24Cl2N2O5/c1-15-5-7-18(9-17(15)3)14-37-25-23(30)11-19(12-24(25)36-4)10-21-26(33)31-28(35)32(27(21)34)20-8-6-16(2)22(29)13-20/h5-13H,14H2,1-4H3,(H,31,33,35)/b21-10+. The zero-order chi connectivity index (χ0) is 26.9. The van der Waals surface area contributed by atoms with Crippen molar-refractivity contribution in [2.45, 2.75) is 27.4 Å². The number of methoxy groups -OCH3 is 1. The molecule has 37 heavy (non-hydrogen) atoms. The Morgan fingerprint density at radius 1 is 0.892 bits per heavy atom. The van der Waals surface area contributed by atoms with E-state index in [1.807, 2.05) is 32.0 Å². The summed E-state index contributed by atoms with van der Waals surface area (Å²) in [6, 6.07) is 13.1. The predicted molar refractivity (Wildman–Crippen MR) is 143 cm³/mol. The maximum absolute atomic E-state index is 13.2. The van der Waals surface area contributed by atoms with Crippen LogP contribution in [0.3, 0.4) is 0 Å². The molecule has 0 radical (unpaired) electrons. The average molecular weight is 539 g/mol. The molecule has 4 rings (SSSR count). The monoisotopic (exact) mass is 538 g/mol. The molecule has 0 atom stereocenters. The fraction of sp³-hybridized carbons (Fsp3) is 0.179. The van der Waals surface area contributed by atoms with Gasteiger partial charge in [-0.3, -0.25) is 14.9 Å². The molecule has 1 saturated heterocycles. The SMILES string of the molecule is COc1cc(/C=C2\C(=O)NC(=O)N(c3ccc(C)c(Cl)c3)C2=O)cc(Cl)c1OCc1ccc(C)c(C)c1. The number of halogens is 2. The van der Waals surface area contributed by atoms with Crippen LogP contribution in [0.4, 0.5) is 10.5 Å². The molecular formula is C28H24Cl2N2O5. The van der Waals surface area contributed by atoms with Crippen LogP contribution in [0.2, 0.25) is 10.0 Å². The average Bonchev–Trinajstić information content (AvgIpc) is 2.85. The molecule has 1 aliphatic rings. The third kappa shape index (κ3) is 5.48. The summed E-state index contributed by atoms with van der Waals surface area (Å²) in [6.45, 7) is 6.13. The minimum atomic E-state index is -0.863. The van der Waals surface area contributed by atoms with Crippen LogP contribution in [-0.4, -0.2) is 25.0 Å². The van der Waals surface area contributed by atoms with Crippen LogP contribution in [-0.2, 0) is 16.2 Å². The number of carbonyl (C=O) groups is 3. The first-order chi connectivity index (χ1) is 17.6. The number of barbiturate groups is 1. The zero-order valence-electron chi connectivity index (χ0n) is 20.6. The van der Waals surface area contributed by atoms with Gasteiger partial charge in [-0.05, 0) is 78.9 Å². The van der Waals surface area contributed by atoms with Gasteiger partial charge < -0.3 is 9.47 Å². The number of anilines is 1. The Balaban J connectivity index is 1.64. The highest BCUT2D eigenvalue weighted by atomic mass is 35.5. The van der Waals surface area contributed by atoms with Crippen molar-refractivity contribution in [3.63, 3.8) is 0 Å². The molecule has 0 bridgehead atoms. The van der Waals surface area contributed by atoms with Crippen LogP contribution < -0.4 is 19.7 Å². The molecule has 9 heteroatoms. The molecule has 190 valence electrons. The fourth-order valence-electron chi connectivity index (χ4n) is 3.79. The largest absolute Gasteiger partial charge is 0.493 e. The number of hydrogen-bond donors (Lipinski definition) is 1. The maximum atomic E-state index is 13.2. The molecule has 0 unspecified atom stereocenters. The van der Waals surface area contributed by atoms with Crippen LogP contribution in [0.25, 0.3) is 6.08 Å². The number of ether oxygens (including phenoxy) is 2. The molecule has 1 N–H and O–H groups in total. The molecular weight excluding hydrogens is 515 g/mol. The zero-order valence-corrected chi connectivity index (χ0v) is 22.2. The van der Waals surface area contributed by atoms with Crippen molar-refractivity contribution in [3.8, 4) is 11.5 Å². The Labute approximate surface area is 224 Å². The van der Waals surface area contributed by atoms with Crippen molar-refractivity contribution < 1.29 is 23.9 Å². The lowest BCUT2D eigenvalue weighted by molar-refractivity contribution is -0.122. The number of rotatable bonds is 6. The highest BCUT2D eigenvalue weighted by Crippen LogP contribution is 2.38. The van der Waals surface area contributed by atoms with Gasteiger partial charge in [0.2, 0.25) is 0 Å². The van der Waals surface area contributed by atoms with Gasteiger partial charge in [-0.15, -0.1) is 0 Å². The topological polar surface area (TPSA) is 84.9 Å². The second kappa shape index (κ2) is 10.7. The summed E-state index contributed by atoms with van der Waals surface area (Å²) in [6.07, 6.45) is 1.34. The summed E-state index contributed by atoms with van der Waals surface area (Å²) in [5.74, 6) is -0.964. The van der Waals surface area contributed by atoms with E-state index in [9.17, 15) is 14.4 Å². The third-order valence-corrected chi connectivity index (χ3v) is 6.72. The fourth-order valence-corrected chi connectivity index (χ4v) is 4.24. The second-order valence-corrected chi connectivity index (χ2v) is 9.45. The molecule has 0 spiro atoms. The quantitative estimate of drug-likeness (QED) is 0.299. The van der Waals surface area contributed by atoms with E-state index in [-0.39, 0.29) is 22.9 Å². The highest BCUT2D eigenvalue weighted by Gasteiger charge is 2.37. The number of amides is 4. The first-order valence-corrected chi connectivity index (χ1v) is 12.1. The Morgan fingerprint density at radius 3 is 2.30 bits per heavy atom. The van der Waals surface area contributed by atoms with Crippen LogP contribution in [0.5, 0.6) is 11.5 Å². The van der Waals surface area contributed by atoms with Crippen molar-refractivity contribution in [2.75, 3.05) is 12.0 Å². The van der Waals surface area contributed by atoms with Gasteiger partial charge in [-0.25, -0.2) is 9.69 Å². The van der Waals surface area contributed by atoms with Crippen LogP contribution in [0.15, 0.2) is 54.1 Å². The summed E-state index contributed by atoms with van der Waals surface area (Å²) < 4.78 is 11.4. The van der Waals surface area contributed by atoms with Crippen molar-refractivity contribution in [1.82, 2.24) is 5.32 Å². The van der Waals surface area contributed by atoms with Crippen molar-refractivity contribution >= 4 is 52.8 Å². The molecule has 4 amide bonds. The summed E-state index contributed by atoms with van der Waals surface area (Å²) in [5.41, 5.74) is 4.48. The molecule has 3 aromatic rings. The van der Waals surface area contributed by atoms with Gasteiger partial charge in [-0.2, -0.15) is 0 Å². The Kier molecular flexibility index (Phi) is 7.57. The Bertz CT molecular complexity index is 1470. The van der Waals surface area contributed by atoms with E-state index < -0.39 is 17.8 Å². The van der Waals surface area contributed by atoms with E-state index in [0.717, 1.165) is 21.6 Å². The Hall–Kier alpha value is -3.81. The van der Waals surface area contributed by atoms with Gasteiger partial charge in [0.25, 0.3) is 11.8 Å². The predicted octanol–water partition coefficient (Wildman–Crippen LogP) is 6.17. The third-order valence-electron chi connectivity index (χ3n) is 6.03. The Morgan fingerprint density at radius 2 is 1.62 bits per heavy atom. The summed E-state index contributed by atoms with van der Waals surface area (Å²) in [4.78, 5) is 39.1. The van der Waals surface area contributed by atoms with Gasteiger partial charge in [0.05, 0.1) is 17.8 Å². The molecule has 3 aromatic carbocycles. The molecule has 0 saturated carbocycles. The van der Waals surface area contributed by atoms with Gasteiger partial charge >= 0.3 is 6.03 Å². The minimum Gasteiger partial charge on any atom is -0.493 e. The normalized spacial score (nSPS) is 14.7. The maximum Gasteiger partial charge on any atom is 0.335 e. The number of benzene rings is 3. The molecule has 7 nitrogen and oxygen atoms in total. The molecule has 1 fully saturated rings. The van der Waals surface area contributed by atoms with E-state index in [4.69, 9.17) is 32.7 Å². The van der Waals surface area contributed by atoms with E-state index in [0.29, 0.717) is 22.1 Å². The number of urea groups is 1. The van der Waals surface area contributed by atoms with E-state index in [1.165, 1.54) is 24.8 Å². The summed E-state index contributed by atoms with van der Waals surface area (Å²) in [7, 11) is 1.46. The minimum absolute atomic E-state index is 0.233. The van der Waals surface area contributed by atoms with Crippen LogP contribution >= 0.6 is 23.2 Å². The number of aryl methyl sites for hydroxylation is 3. The smallest absolute Gasteiger partial charge is 0.335 e. The van der Waals surface area contributed by atoms with E-state index >= 15 is 0 Å². The van der Waals surface area contributed by atoms with Gasteiger partial charge in [0, 0.05) is 5.02 Å². The molecule has 0 aromatic heterocycles. The van der Waals surface area contributed by atoms with Crippen molar-refractivity contribution in [1.29, 1.82) is 0 Å². The summed E-state index contributed by atoms with van der Waals surface area (Å²) >= 11 is 12.7. The van der Waals surface area contributed by atoms with Gasteiger partial charge in [0.15, 0.2) is 11.5 Å². The van der Waals surface area contributed by atoms with E-state index in [1.54, 1.807) is 31.2 Å². The molecule has 1 aliphatic heterocycles. The lowest BCUT2D eigenvalue weighted by Crippen LogP contribution is -2.54. The molecule has 1 heterocycles. The van der Waals surface area contributed by atoms with Gasteiger partial charge in [-0.1, -0.05) is 47.5 Å². The second-order valence-electron chi connectivity index (χ2n) is 8.63. The van der Waals surface area contributed by atoms with E-state index in [2.05, 4.69) is 5.32 Å². The van der Waals surface area contributed by atoms with Crippen LogP contribution in [0.1, 0.15) is 27.8 Å². The number of hydrogen-bond acceptors (Lipinski definition) is 5. The first-order valence-electron chi connectivity index (χ1n) is 11.3. The number of carbonyl (C=O) groups excluding carboxylic acids is 3. The van der Waals surface area contributed by atoms with Gasteiger partial charge in [0.1, 0.15) is 12.2 Å². The highest BCUT2D eigenvalue weighted by molar-refractivity contribution is 6.39. The van der Waals surface area contributed by atoms with Crippen LogP contribution in [0, 0.1) is 20.8 Å². The number of nitrogens with one attached hydrogen (secondary N) is 1. The van der Waals surface area contributed by atoms with Crippen molar-refractivity contribution in [3.05, 3.63) is 92.0 Å². The lowest BCUT2D eigenvalue weighted by Gasteiger charge is -2.26. The molecule has 0 aliphatic carbocycles. The van der Waals surface area contributed by atoms with Crippen molar-refractivity contribution in [2.24, 2.45) is 0 Å². The number of imide groups is 2. The summed E-state index contributed by atoms with van der Waals surface area (Å²) in [5, 5.41) is 2.81. The number of nitrogens with zero attached hydrogens (tertiary/aromatic N) is 1. The lowest BCUT2D eigenvalue weighted by atomic mass is 10.1. The first kappa shape index (κ1) is 26.3.